The number of carboxylic acid groups (broad SMARTS) is 1. The highest BCUT2D eigenvalue weighted by Crippen LogP contribution is 2.32. The summed E-state index contributed by atoms with van der Waals surface area (Å²) in [5.74, 6) is -0.0563. The summed E-state index contributed by atoms with van der Waals surface area (Å²) in [7, 11) is 0. The quantitative estimate of drug-likeness (QED) is 0.746. The van der Waals surface area contributed by atoms with Crippen LogP contribution in [0.2, 0.25) is 0 Å². The molecule has 1 saturated carbocycles. The summed E-state index contributed by atoms with van der Waals surface area (Å²) in [6, 6.07) is 0. The summed E-state index contributed by atoms with van der Waals surface area (Å²) < 4.78 is 0. The molecule has 0 atom stereocenters. The highest BCUT2D eigenvalue weighted by atomic mass is 32.2. The molecule has 0 aromatic heterocycles. The first-order valence-corrected chi connectivity index (χ1v) is 6.99. The monoisotopic (exact) mass is 245 g/mol. The van der Waals surface area contributed by atoms with E-state index >= 15 is 0 Å². The third-order valence-electron chi connectivity index (χ3n) is 2.99. The van der Waals surface area contributed by atoms with Crippen LogP contribution in [0.25, 0.3) is 0 Å². The molecule has 0 heterocycles. The Hall–Kier alpha value is -0.710. The van der Waals surface area contributed by atoms with Gasteiger partial charge in [-0.05, 0) is 19.1 Å². The number of hydrogen-bond donors (Lipinski definition) is 2. The molecule has 0 unspecified atom stereocenters. The van der Waals surface area contributed by atoms with Crippen molar-refractivity contribution >= 4 is 23.6 Å². The number of hydrogen-bond acceptors (Lipinski definition) is 3. The number of carbonyl (C=O) groups excluding carboxylic acids is 1. The maximum atomic E-state index is 11.6. The fourth-order valence-corrected chi connectivity index (χ4v) is 2.63. The van der Waals surface area contributed by atoms with Gasteiger partial charge in [0.25, 0.3) is 0 Å². The Balaban J connectivity index is 2.50. The second kappa shape index (κ2) is 6.13. The first-order chi connectivity index (χ1) is 7.58. The summed E-state index contributed by atoms with van der Waals surface area (Å²) in [5.41, 5.74) is -0.471. The molecule has 1 rings (SSSR count). The highest BCUT2D eigenvalue weighted by molar-refractivity contribution is 7.98. The van der Waals surface area contributed by atoms with Gasteiger partial charge in [0.2, 0.25) is 5.91 Å². The van der Waals surface area contributed by atoms with Crippen LogP contribution in [0.1, 0.15) is 38.5 Å². The third-order valence-corrected chi connectivity index (χ3v) is 3.60. The van der Waals surface area contributed by atoms with Crippen LogP contribution in [0.4, 0.5) is 0 Å². The topological polar surface area (TPSA) is 66.4 Å². The fraction of sp³-hybridized carbons (Fsp3) is 0.818. The molecule has 2 N–H and O–H groups in total. The van der Waals surface area contributed by atoms with Crippen LogP contribution in [-0.2, 0) is 9.59 Å². The Morgan fingerprint density at radius 1 is 1.38 bits per heavy atom. The van der Waals surface area contributed by atoms with E-state index in [0.29, 0.717) is 6.42 Å². The van der Waals surface area contributed by atoms with E-state index in [9.17, 15) is 9.59 Å². The first kappa shape index (κ1) is 13.4. The Bertz CT molecular complexity index is 262. The molecular formula is C11H19NO3S. The molecule has 1 aliphatic rings. The molecule has 92 valence electrons. The lowest BCUT2D eigenvalue weighted by Gasteiger charge is -2.28. The van der Waals surface area contributed by atoms with E-state index in [1.807, 2.05) is 6.26 Å². The first-order valence-electron chi connectivity index (χ1n) is 5.60. The van der Waals surface area contributed by atoms with Crippen LogP contribution in [0, 0.1) is 0 Å². The fourth-order valence-electron chi connectivity index (χ4n) is 2.24. The van der Waals surface area contributed by atoms with E-state index in [2.05, 4.69) is 5.32 Å². The Labute approximate surface area is 100 Å². The number of carbonyl (C=O) groups is 2. The minimum absolute atomic E-state index is 0.0162. The van der Waals surface area contributed by atoms with Crippen molar-refractivity contribution < 1.29 is 14.7 Å². The van der Waals surface area contributed by atoms with Crippen LogP contribution in [-0.4, -0.2) is 34.5 Å². The zero-order chi connectivity index (χ0) is 12.0. The molecule has 1 aliphatic carbocycles. The van der Waals surface area contributed by atoms with Crippen molar-refractivity contribution in [2.75, 3.05) is 12.0 Å². The number of aliphatic carboxylic acids is 1. The van der Waals surface area contributed by atoms with E-state index in [0.717, 1.165) is 31.4 Å². The third kappa shape index (κ3) is 4.04. The average molecular weight is 245 g/mol. The van der Waals surface area contributed by atoms with Crippen molar-refractivity contribution in [2.45, 2.75) is 44.1 Å². The summed E-state index contributed by atoms with van der Waals surface area (Å²) in [5, 5.41) is 11.8. The van der Waals surface area contributed by atoms with Gasteiger partial charge in [-0.1, -0.05) is 12.8 Å². The van der Waals surface area contributed by atoms with E-state index in [4.69, 9.17) is 5.11 Å². The number of thioether (sulfide) groups is 1. The smallest absolute Gasteiger partial charge is 0.305 e. The van der Waals surface area contributed by atoms with Gasteiger partial charge in [-0.2, -0.15) is 11.8 Å². The van der Waals surface area contributed by atoms with Crippen LogP contribution in [0.3, 0.4) is 0 Å². The van der Waals surface area contributed by atoms with E-state index in [-0.39, 0.29) is 12.3 Å². The molecule has 1 amide bonds. The second-order valence-electron chi connectivity index (χ2n) is 4.35. The van der Waals surface area contributed by atoms with Crippen molar-refractivity contribution in [2.24, 2.45) is 0 Å². The minimum atomic E-state index is -0.827. The lowest BCUT2D eigenvalue weighted by Crippen LogP contribution is -2.47. The second-order valence-corrected chi connectivity index (χ2v) is 5.33. The van der Waals surface area contributed by atoms with Gasteiger partial charge in [0.1, 0.15) is 0 Å². The highest BCUT2D eigenvalue weighted by Gasteiger charge is 2.37. The molecule has 16 heavy (non-hydrogen) atoms. The number of amides is 1. The number of carboxylic acids is 1. The van der Waals surface area contributed by atoms with Crippen LogP contribution < -0.4 is 5.32 Å². The molecule has 5 heteroatoms. The van der Waals surface area contributed by atoms with E-state index in [1.54, 1.807) is 11.8 Å². The average Bonchev–Trinajstić information content (AvgIpc) is 2.62. The maximum absolute atomic E-state index is 11.6. The molecular weight excluding hydrogens is 226 g/mol. The standard InChI is InChI=1S/C11H19NO3S/c1-16-7-4-9(13)12-11(8-10(14)15)5-2-3-6-11/h2-8H2,1H3,(H,12,13)(H,14,15). The molecule has 0 saturated heterocycles. The molecule has 0 radical (unpaired) electrons. The summed E-state index contributed by atoms with van der Waals surface area (Å²) in [6.07, 6.45) is 6.09. The van der Waals surface area contributed by atoms with Crippen LogP contribution in [0.15, 0.2) is 0 Å². The SMILES string of the molecule is CSCCC(=O)NC1(CC(=O)O)CCCC1. The summed E-state index contributed by atoms with van der Waals surface area (Å²) in [6.45, 7) is 0. The van der Waals surface area contributed by atoms with Gasteiger partial charge >= 0.3 is 5.97 Å². The Morgan fingerprint density at radius 3 is 2.50 bits per heavy atom. The zero-order valence-corrected chi connectivity index (χ0v) is 10.4. The predicted octanol–water partition coefficient (Wildman–Crippen LogP) is 1.64. The van der Waals surface area contributed by atoms with Crippen molar-refractivity contribution in [1.29, 1.82) is 0 Å². The predicted molar refractivity (Wildman–Crippen MR) is 64.6 cm³/mol. The maximum Gasteiger partial charge on any atom is 0.305 e. The van der Waals surface area contributed by atoms with Crippen molar-refractivity contribution in [1.82, 2.24) is 5.32 Å². The molecule has 1 fully saturated rings. The van der Waals surface area contributed by atoms with Gasteiger partial charge in [0.15, 0.2) is 0 Å². The minimum Gasteiger partial charge on any atom is -0.481 e. The van der Waals surface area contributed by atoms with Crippen LogP contribution in [0.5, 0.6) is 0 Å². The molecule has 0 spiro atoms. The number of rotatable bonds is 6. The van der Waals surface area contributed by atoms with Crippen molar-refractivity contribution in [3.05, 3.63) is 0 Å². The Kier molecular flexibility index (Phi) is 5.12. The summed E-state index contributed by atoms with van der Waals surface area (Å²) in [4.78, 5) is 22.4. The molecule has 0 bridgehead atoms. The molecule has 4 nitrogen and oxygen atoms in total. The van der Waals surface area contributed by atoms with Crippen molar-refractivity contribution in [3.63, 3.8) is 0 Å². The normalized spacial score (nSPS) is 18.3. The van der Waals surface area contributed by atoms with E-state index in [1.165, 1.54) is 0 Å². The lowest BCUT2D eigenvalue weighted by molar-refractivity contribution is -0.139. The van der Waals surface area contributed by atoms with Crippen LogP contribution >= 0.6 is 11.8 Å². The molecule has 0 aromatic rings. The van der Waals surface area contributed by atoms with Gasteiger partial charge in [-0.15, -0.1) is 0 Å². The van der Waals surface area contributed by atoms with Gasteiger partial charge < -0.3 is 10.4 Å². The van der Waals surface area contributed by atoms with Gasteiger partial charge in [0, 0.05) is 12.2 Å². The number of nitrogens with one attached hydrogen (secondary N) is 1. The molecule has 0 aromatic carbocycles. The largest absolute Gasteiger partial charge is 0.481 e. The van der Waals surface area contributed by atoms with Gasteiger partial charge in [-0.25, -0.2) is 0 Å². The zero-order valence-electron chi connectivity index (χ0n) is 9.62. The van der Waals surface area contributed by atoms with Crippen molar-refractivity contribution in [3.8, 4) is 0 Å². The summed E-state index contributed by atoms with van der Waals surface area (Å²) >= 11 is 1.62. The van der Waals surface area contributed by atoms with E-state index < -0.39 is 11.5 Å². The lowest BCUT2D eigenvalue weighted by atomic mass is 9.93. The van der Waals surface area contributed by atoms with Gasteiger partial charge in [0.05, 0.1) is 12.0 Å². The van der Waals surface area contributed by atoms with Gasteiger partial charge in [-0.3, -0.25) is 9.59 Å². The molecule has 0 aliphatic heterocycles. The Morgan fingerprint density at radius 2 is 2.00 bits per heavy atom.